The van der Waals surface area contributed by atoms with Crippen LogP contribution in [0.5, 0.6) is 5.75 Å². The van der Waals surface area contributed by atoms with Crippen LogP contribution in [0.3, 0.4) is 0 Å². The van der Waals surface area contributed by atoms with E-state index in [2.05, 4.69) is 5.32 Å². The van der Waals surface area contributed by atoms with E-state index in [9.17, 15) is 4.79 Å². The third-order valence-corrected chi connectivity index (χ3v) is 2.29. The highest BCUT2D eigenvalue weighted by molar-refractivity contribution is 5.91. The van der Waals surface area contributed by atoms with E-state index in [0.717, 1.165) is 17.0 Å². The van der Waals surface area contributed by atoms with E-state index >= 15 is 0 Å². The maximum absolute atomic E-state index is 11.6. The van der Waals surface area contributed by atoms with Gasteiger partial charge >= 0.3 is 0 Å². The Bertz CT molecular complexity index is 372. The number of hydrogen-bond acceptors (Lipinski definition) is 2. The Kier molecular flexibility index (Phi) is 4.35. The normalized spacial score (nSPS) is 10.3. The van der Waals surface area contributed by atoms with Crippen LogP contribution in [0.1, 0.15) is 25.8 Å². The molecule has 1 amide bonds. The monoisotopic (exact) mass is 221 g/mol. The molecule has 0 aromatic heterocycles. The Morgan fingerprint density at radius 2 is 2.12 bits per heavy atom. The summed E-state index contributed by atoms with van der Waals surface area (Å²) in [6.07, 6.45) is 0.538. The lowest BCUT2D eigenvalue weighted by molar-refractivity contribution is -0.116. The maximum Gasteiger partial charge on any atom is 0.224 e. The van der Waals surface area contributed by atoms with Gasteiger partial charge < -0.3 is 10.1 Å². The molecular formula is C13H19NO2. The Labute approximate surface area is 96.8 Å². The fourth-order valence-electron chi connectivity index (χ4n) is 1.48. The lowest BCUT2D eigenvalue weighted by Crippen LogP contribution is -2.13. The molecule has 0 aliphatic rings. The van der Waals surface area contributed by atoms with Gasteiger partial charge in [-0.1, -0.05) is 19.9 Å². The molecule has 88 valence electrons. The van der Waals surface area contributed by atoms with Crippen LogP contribution < -0.4 is 10.1 Å². The van der Waals surface area contributed by atoms with Crippen molar-refractivity contribution in [3.63, 3.8) is 0 Å². The molecule has 0 fully saturated rings. The summed E-state index contributed by atoms with van der Waals surface area (Å²) in [7, 11) is 1.63. The van der Waals surface area contributed by atoms with Crippen LogP contribution in [-0.4, -0.2) is 13.0 Å². The van der Waals surface area contributed by atoms with Crippen LogP contribution in [0, 0.1) is 12.8 Å². The van der Waals surface area contributed by atoms with Crippen molar-refractivity contribution < 1.29 is 9.53 Å². The third-order valence-electron chi connectivity index (χ3n) is 2.29. The molecule has 3 nitrogen and oxygen atoms in total. The number of aryl methyl sites for hydroxylation is 1. The molecular weight excluding hydrogens is 202 g/mol. The average Bonchev–Trinajstić information content (AvgIpc) is 2.19. The lowest BCUT2D eigenvalue weighted by atomic mass is 10.1. The molecule has 0 aliphatic carbocycles. The summed E-state index contributed by atoms with van der Waals surface area (Å²) in [4.78, 5) is 11.6. The Morgan fingerprint density at radius 1 is 1.44 bits per heavy atom. The molecule has 0 unspecified atom stereocenters. The van der Waals surface area contributed by atoms with Crippen molar-refractivity contribution in [3.05, 3.63) is 23.8 Å². The van der Waals surface area contributed by atoms with Crippen LogP contribution in [0.2, 0.25) is 0 Å². The zero-order chi connectivity index (χ0) is 12.1. The molecule has 0 saturated heterocycles. The second-order valence-electron chi connectivity index (χ2n) is 4.33. The summed E-state index contributed by atoms with van der Waals surface area (Å²) >= 11 is 0. The number of benzene rings is 1. The number of methoxy groups -OCH3 is 1. The van der Waals surface area contributed by atoms with E-state index in [4.69, 9.17) is 4.74 Å². The van der Waals surface area contributed by atoms with Crippen LogP contribution in [-0.2, 0) is 4.79 Å². The average molecular weight is 221 g/mol. The number of rotatable bonds is 4. The van der Waals surface area contributed by atoms with Gasteiger partial charge in [-0.3, -0.25) is 4.79 Å². The topological polar surface area (TPSA) is 38.3 Å². The molecule has 0 heterocycles. The molecule has 0 radical (unpaired) electrons. The minimum absolute atomic E-state index is 0.0425. The number of hydrogen-bond donors (Lipinski definition) is 1. The van der Waals surface area contributed by atoms with Gasteiger partial charge in [-0.2, -0.15) is 0 Å². The van der Waals surface area contributed by atoms with Gasteiger partial charge in [0.05, 0.1) is 7.11 Å². The van der Waals surface area contributed by atoms with Gasteiger partial charge in [-0.15, -0.1) is 0 Å². The molecule has 1 aromatic rings. The van der Waals surface area contributed by atoms with E-state index in [1.165, 1.54) is 0 Å². The molecule has 0 aliphatic heterocycles. The molecule has 1 N–H and O–H groups in total. The van der Waals surface area contributed by atoms with Gasteiger partial charge in [0.15, 0.2) is 0 Å². The zero-order valence-electron chi connectivity index (χ0n) is 10.3. The van der Waals surface area contributed by atoms with E-state index in [0.29, 0.717) is 12.3 Å². The Hall–Kier alpha value is -1.51. The summed E-state index contributed by atoms with van der Waals surface area (Å²) in [6.45, 7) is 6.02. The summed E-state index contributed by atoms with van der Waals surface area (Å²) in [6, 6.07) is 5.66. The van der Waals surface area contributed by atoms with E-state index < -0.39 is 0 Å². The van der Waals surface area contributed by atoms with Gasteiger partial charge in [0.1, 0.15) is 5.75 Å². The fourth-order valence-corrected chi connectivity index (χ4v) is 1.48. The first-order valence-corrected chi connectivity index (χ1v) is 5.47. The summed E-state index contributed by atoms with van der Waals surface area (Å²) in [5.74, 6) is 1.20. The Balaban J connectivity index is 2.71. The SMILES string of the molecule is COc1cc(NC(=O)CC(C)C)ccc1C. The predicted molar refractivity (Wildman–Crippen MR) is 65.8 cm³/mol. The number of nitrogens with one attached hydrogen (secondary N) is 1. The van der Waals surface area contributed by atoms with Crippen molar-refractivity contribution in [2.24, 2.45) is 5.92 Å². The van der Waals surface area contributed by atoms with Crippen molar-refractivity contribution in [2.75, 3.05) is 12.4 Å². The second kappa shape index (κ2) is 5.54. The minimum Gasteiger partial charge on any atom is -0.496 e. The van der Waals surface area contributed by atoms with Crippen LogP contribution >= 0.6 is 0 Å². The molecule has 0 bridgehead atoms. The molecule has 3 heteroatoms. The molecule has 0 atom stereocenters. The molecule has 1 rings (SSSR count). The van der Waals surface area contributed by atoms with Crippen LogP contribution in [0.4, 0.5) is 5.69 Å². The quantitative estimate of drug-likeness (QED) is 0.848. The molecule has 0 spiro atoms. The van der Waals surface area contributed by atoms with Crippen molar-refractivity contribution in [3.8, 4) is 5.75 Å². The minimum atomic E-state index is 0.0425. The van der Waals surface area contributed by atoms with Gasteiger partial charge in [-0.25, -0.2) is 0 Å². The third kappa shape index (κ3) is 3.57. The number of carbonyl (C=O) groups is 1. The molecule has 1 aromatic carbocycles. The number of amides is 1. The number of anilines is 1. The van der Waals surface area contributed by atoms with Crippen molar-refractivity contribution in [1.82, 2.24) is 0 Å². The fraction of sp³-hybridized carbons (Fsp3) is 0.462. The van der Waals surface area contributed by atoms with Gasteiger partial charge in [-0.05, 0) is 24.5 Å². The first-order chi connectivity index (χ1) is 7.52. The molecule has 0 saturated carbocycles. The highest BCUT2D eigenvalue weighted by atomic mass is 16.5. The van der Waals surface area contributed by atoms with E-state index in [1.807, 2.05) is 39.0 Å². The lowest BCUT2D eigenvalue weighted by Gasteiger charge is -2.10. The van der Waals surface area contributed by atoms with Crippen molar-refractivity contribution >= 4 is 11.6 Å². The highest BCUT2D eigenvalue weighted by Crippen LogP contribution is 2.22. The number of carbonyl (C=O) groups excluding carboxylic acids is 1. The zero-order valence-corrected chi connectivity index (χ0v) is 10.3. The number of ether oxygens (including phenoxy) is 1. The van der Waals surface area contributed by atoms with Crippen LogP contribution in [0.25, 0.3) is 0 Å². The van der Waals surface area contributed by atoms with Crippen LogP contribution in [0.15, 0.2) is 18.2 Å². The summed E-state index contributed by atoms with van der Waals surface area (Å²) < 4.78 is 5.20. The maximum atomic E-state index is 11.6. The van der Waals surface area contributed by atoms with E-state index in [1.54, 1.807) is 7.11 Å². The molecule has 16 heavy (non-hydrogen) atoms. The first kappa shape index (κ1) is 12.6. The van der Waals surface area contributed by atoms with Gasteiger partial charge in [0, 0.05) is 18.2 Å². The summed E-state index contributed by atoms with van der Waals surface area (Å²) in [5.41, 5.74) is 1.84. The predicted octanol–water partition coefficient (Wildman–Crippen LogP) is 2.99. The van der Waals surface area contributed by atoms with E-state index in [-0.39, 0.29) is 5.91 Å². The second-order valence-corrected chi connectivity index (χ2v) is 4.33. The standard InChI is InChI=1S/C13H19NO2/c1-9(2)7-13(15)14-11-6-5-10(3)12(8-11)16-4/h5-6,8-9H,7H2,1-4H3,(H,14,15). The smallest absolute Gasteiger partial charge is 0.224 e. The highest BCUT2D eigenvalue weighted by Gasteiger charge is 2.06. The van der Waals surface area contributed by atoms with Crippen molar-refractivity contribution in [1.29, 1.82) is 0 Å². The first-order valence-electron chi connectivity index (χ1n) is 5.47. The largest absolute Gasteiger partial charge is 0.496 e. The van der Waals surface area contributed by atoms with Gasteiger partial charge in [0.25, 0.3) is 0 Å². The van der Waals surface area contributed by atoms with Gasteiger partial charge in [0.2, 0.25) is 5.91 Å². The Morgan fingerprint density at radius 3 is 2.69 bits per heavy atom. The summed E-state index contributed by atoms with van der Waals surface area (Å²) in [5, 5.41) is 2.86. The van der Waals surface area contributed by atoms with Crippen molar-refractivity contribution in [2.45, 2.75) is 27.2 Å².